The number of fused-ring (bicyclic) bond motifs is 1. The van der Waals surface area contributed by atoms with E-state index >= 15 is 0 Å². The van der Waals surface area contributed by atoms with Crippen LogP contribution in [0.3, 0.4) is 0 Å². The Morgan fingerprint density at radius 1 is 1.12 bits per heavy atom. The zero-order valence-electron chi connectivity index (χ0n) is 22.9. The number of anilines is 2. The summed E-state index contributed by atoms with van der Waals surface area (Å²) in [4.78, 5) is 22.0. The second kappa shape index (κ2) is 10.7. The van der Waals surface area contributed by atoms with Gasteiger partial charge < -0.3 is 25.3 Å². The minimum Gasteiger partial charge on any atom is -0.444 e. The van der Waals surface area contributed by atoms with Crippen LogP contribution in [0.15, 0.2) is 47.3 Å². The number of aliphatic hydroxyl groups excluding tert-OH is 1. The van der Waals surface area contributed by atoms with Gasteiger partial charge in [0.05, 0.1) is 17.2 Å². The smallest absolute Gasteiger partial charge is 0.277 e. The van der Waals surface area contributed by atoms with Gasteiger partial charge in [-0.05, 0) is 88.5 Å². The minimum absolute atomic E-state index is 0.137. The van der Waals surface area contributed by atoms with Gasteiger partial charge >= 0.3 is 0 Å². The molecule has 3 heterocycles. The lowest BCUT2D eigenvalue weighted by Gasteiger charge is -2.27. The van der Waals surface area contributed by atoms with Crippen LogP contribution >= 0.6 is 0 Å². The largest absolute Gasteiger partial charge is 0.444 e. The average molecular weight is 545 g/mol. The highest BCUT2D eigenvalue weighted by Crippen LogP contribution is 2.36. The summed E-state index contributed by atoms with van der Waals surface area (Å²) in [5, 5.41) is 32.3. The SMILES string of the molecule is CC(C)(O)c1cc2nn(C3CCC(CO)CC3)cc2cc1NC(=O)c1coc(-c2ccnc(NCC3CC3)c2)n1. The number of carbonyl (C=O) groups excluding carboxylic acids is 1. The molecule has 4 aromatic rings. The minimum atomic E-state index is -1.21. The van der Waals surface area contributed by atoms with E-state index in [1.54, 1.807) is 26.1 Å². The molecule has 0 bridgehead atoms. The number of amides is 1. The van der Waals surface area contributed by atoms with Gasteiger partial charge in [-0.2, -0.15) is 5.10 Å². The standard InChI is InChI=1S/C30H36N6O4/c1-30(2,39)23-13-24-21(15-36(35-24)22-7-5-19(16-37)6-8-22)11-25(23)33-28(38)26-17-40-29(34-26)20-9-10-31-27(12-20)32-14-18-3-4-18/h9-13,15,17-19,22,37,39H,3-8,14,16H2,1-2H3,(H,31,32)(H,33,38). The maximum atomic E-state index is 13.3. The molecule has 6 rings (SSSR count). The Hall–Kier alpha value is -3.76. The fourth-order valence-electron chi connectivity index (χ4n) is 5.41. The van der Waals surface area contributed by atoms with Crippen LogP contribution < -0.4 is 10.6 Å². The summed E-state index contributed by atoms with van der Waals surface area (Å²) >= 11 is 0. The summed E-state index contributed by atoms with van der Waals surface area (Å²) in [7, 11) is 0. The molecule has 0 radical (unpaired) electrons. The van der Waals surface area contributed by atoms with Crippen LogP contribution in [0.25, 0.3) is 22.4 Å². The normalized spacial score (nSPS) is 19.6. The summed E-state index contributed by atoms with van der Waals surface area (Å²) in [6, 6.07) is 7.62. The van der Waals surface area contributed by atoms with Crippen molar-refractivity contribution >= 4 is 28.3 Å². The highest BCUT2D eigenvalue weighted by molar-refractivity contribution is 6.04. The molecule has 10 nitrogen and oxygen atoms in total. The number of hydrogen-bond donors (Lipinski definition) is 4. The Morgan fingerprint density at radius 3 is 2.62 bits per heavy atom. The molecule has 2 fully saturated rings. The third-order valence-electron chi connectivity index (χ3n) is 8.03. The Labute approximate surface area is 232 Å². The fraction of sp³-hybridized carbons (Fsp3) is 0.467. The van der Waals surface area contributed by atoms with E-state index in [9.17, 15) is 15.0 Å². The number of hydrogen-bond acceptors (Lipinski definition) is 8. The van der Waals surface area contributed by atoms with Crippen molar-refractivity contribution in [2.75, 3.05) is 23.8 Å². The van der Waals surface area contributed by atoms with Gasteiger partial charge in [0.1, 0.15) is 12.1 Å². The molecule has 3 aromatic heterocycles. The van der Waals surface area contributed by atoms with E-state index in [-0.39, 0.29) is 18.3 Å². The fourth-order valence-corrected chi connectivity index (χ4v) is 5.41. The molecule has 1 amide bonds. The molecule has 210 valence electrons. The van der Waals surface area contributed by atoms with Crippen molar-refractivity contribution in [1.82, 2.24) is 19.7 Å². The first-order valence-corrected chi connectivity index (χ1v) is 14.1. The van der Waals surface area contributed by atoms with Crippen LogP contribution in [-0.4, -0.2) is 49.0 Å². The van der Waals surface area contributed by atoms with Gasteiger partial charge in [0, 0.05) is 47.7 Å². The number of carbonyl (C=O) groups is 1. The van der Waals surface area contributed by atoms with Crippen LogP contribution in [0.5, 0.6) is 0 Å². The molecule has 0 atom stereocenters. The first-order valence-electron chi connectivity index (χ1n) is 14.1. The molecule has 2 aliphatic carbocycles. The molecule has 2 aliphatic rings. The molecule has 0 unspecified atom stereocenters. The Kier molecular flexibility index (Phi) is 7.06. The first-order chi connectivity index (χ1) is 19.3. The van der Waals surface area contributed by atoms with Gasteiger partial charge in [0.15, 0.2) is 5.69 Å². The Bertz CT molecular complexity index is 1510. The van der Waals surface area contributed by atoms with Gasteiger partial charge in [-0.1, -0.05) is 0 Å². The monoisotopic (exact) mass is 544 g/mol. The van der Waals surface area contributed by atoms with E-state index in [1.807, 2.05) is 29.1 Å². The van der Waals surface area contributed by atoms with Crippen molar-refractivity contribution in [3.05, 3.63) is 54.2 Å². The molecule has 10 heteroatoms. The van der Waals surface area contributed by atoms with Gasteiger partial charge in [-0.15, -0.1) is 0 Å². The third kappa shape index (κ3) is 5.73. The van der Waals surface area contributed by atoms with Gasteiger partial charge in [0.2, 0.25) is 5.89 Å². The van der Waals surface area contributed by atoms with Crippen LogP contribution in [0, 0.1) is 11.8 Å². The highest BCUT2D eigenvalue weighted by Gasteiger charge is 2.26. The number of nitrogens with zero attached hydrogens (tertiary/aromatic N) is 4. The Balaban J connectivity index is 1.22. The lowest BCUT2D eigenvalue weighted by molar-refractivity contribution is 0.0793. The van der Waals surface area contributed by atoms with E-state index in [1.165, 1.54) is 19.1 Å². The average Bonchev–Trinajstić information content (AvgIpc) is 3.47. The van der Waals surface area contributed by atoms with Crippen molar-refractivity contribution in [2.45, 2.75) is 64.0 Å². The zero-order valence-corrected chi connectivity index (χ0v) is 22.9. The predicted molar refractivity (Wildman–Crippen MR) is 152 cm³/mol. The van der Waals surface area contributed by atoms with Crippen LogP contribution in [-0.2, 0) is 5.60 Å². The van der Waals surface area contributed by atoms with Gasteiger partial charge in [0.25, 0.3) is 5.91 Å². The van der Waals surface area contributed by atoms with Gasteiger partial charge in [-0.25, -0.2) is 9.97 Å². The molecule has 0 spiro atoms. The van der Waals surface area contributed by atoms with Crippen LogP contribution in [0.4, 0.5) is 11.5 Å². The molecule has 0 saturated heterocycles. The third-order valence-corrected chi connectivity index (χ3v) is 8.03. The molecule has 1 aromatic carbocycles. The highest BCUT2D eigenvalue weighted by atomic mass is 16.3. The van der Waals surface area contributed by atoms with E-state index in [0.717, 1.165) is 60.4 Å². The molecule has 4 N–H and O–H groups in total. The summed E-state index contributed by atoms with van der Waals surface area (Å²) in [6.07, 6.45) is 11.4. The number of benzene rings is 1. The molecule has 0 aliphatic heterocycles. The number of nitrogens with one attached hydrogen (secondary N) is 2. The number of aromatic nitrogens is 4. The lowest BCUT2D eigenvalue weighted by Crippen LogP contribution is -2.21. The zero-order chi connectivity index (χ0) is 27.9. The van der Waals surface area contributed by atoms with Crippen molar-refractivity contribution in [1.29, 1.82) is 0 Å². The molecule has 2 saturated carbocycles. The first kappa shape index (κ1) is 26.5. The number of oxazole rings is 1. The predicted octanol–water partition coefficient (Wildman–Crippen LogP) is 5.11. The number of aliphatic hydroxyl groups is 2. The van der Waals surface area contributed by atoms with Crippen molar-refractivity contribution in [3.8, 4) is 11.5 Å². The van der Waals surface area contributed by atoms with Crippen molar-refractivity contribution in [2.24, 2.45) is 11.8 Å². The molecule has 40 heavy (non-hydrogen) atoms. The maximum Gasteiger partial charge on any atom is 0.277 e. The van der Waals surface area contributed by atoms with Crippen molar-refractivity contribution < 1.29 is 19.4 Å². The second-order valence-electron chi connectivity index (χ2n) is 11.7. The number of rotatable bonds is 9. The molecular weight excluding hydrogens is 508 g/mol. The topological polar surface area (TPSA) is 138 Å². The van der Waals surface area contributed by atoms with Crippen LogP contribution in [0.1, 0.15) is 74.5 Å². The quantitative estimate of drug-likeness (QED) is 0.228. The van der Waals surface area contributed by atoms with E-state index in [0.29, 0.717) is 23.1 Å². The second-order valence-corrected chi connectivity index (χ2v) is 11.7. The van der Waals surface area contributed by atoms with E-state index < -0.39 is 11.5 Å². The van der Waals surface area contributed by atoms with E-state index in [4.69, 9.17) is 9.52 Å². The maximum absolute atomic E-state index is 13.3. The Morgan fingerprint density at radius 2 is 1.90 bits per heavy atom. The van der Waals surface area contributed by atoms with Crippen molar-refractivity contribution in [3.63, 3.8) is 0 Å². The van der Waals surface area contributed by atoms with E-state index in [2.05, 4.69) is 20.6 Å². The number of pyridine rings is 1. The lowest BCUT2D eigenvalue weighted by atomic mass is 9.87. The van der Waals surface area contributed by atoms with Gasteiger partial charge in [-0.3, -0.25) is 9.48 Å². The summed E-state index contributed by atoms with van der Waals surface area (Å²) < 4.78 is 7.64. The summed E-state index contributed by atoms with van der Waals surface area (Å²) in [5.74, 6) is 1.73. The van der Waals surface area contributed by atoms with Crippen LogP contribution in [0.2, 0.25) is 0 Å². The molecular formula is C30H36N6O4. The summed E-state index contributed by atoms with van der Waals surface area (Å²) in [6.45, 7) is 4.50. The summed E-state index contributed by atoms with van der Waals surface area (Å²) in [5.41, 5.74) is 1.46.